The lowest BCUT2D eigenvalue weighted by atomic mass is 9.83. The van der Waals surface area contributed by atoms with Crippen molar-refractivity contribution < 1.29 is 19.2 Å². The minimum atomic E-state index is -0.937. The van der Waals surface area contributed by atoms with E-state index in [2.05, 4.69) is 24.2 Å². The minimum Gasteiger partial charge on any atom is -0.423 e. The lowest BCUT2D eigenvalue weighted by Gasteiger charge is -2.24. The van der Waals surface area contributed by atoms with Crippen LogP contribution in [0, 0.1) is 11.8 Å². The smallest absolute Gasteiger partial charge is 0.357 e. The highest BCUT2D eigenvalue weighted by molar-refractivity contribution is 5.97. The average molecular weight is 282 g/mol. The molecule has 20 heavy (non-hydrogen) atoms. The summed E-state index contributed by atoms with van der Waals surface area (Å²) in [4.78, 5) is 22.7. The van der Waals surface area contributed by atoms with Crippen LogP contribution in [-0.2, 0) is 19.2 Å². The molecule has 1 aliphatic carbocycles. The van der Waals surface area contributed by atoms with Gasteiger partial charge in [-0.3, -0.25) is 0 Å². The van der Waals surface area contributed by atoms with Crippen LogP contribution in [0.2, 0.25) is 0 Å². The van der Waals surface area contributed by atoms with Gasteiger partial charge in [-0.25, -0.2) is 4.79 Å². The Kier molecular flexibility index (Phi) is 4.30. The first kappa shape index (κ1) is 14.8. The van der Waals surface area contributed by atoms with Crippen molar-refractivity contribution in [3.8, 4) is 0 Å². The van der Waals surface area contributed by atoms with Crippen LogP contribution in [-0.4, -0.2) is 29.8 Å². The second-order valence-corrected chi connectivity index (χ2v) is 5.81. The number of carbonyl (C=O) groups is 1. The van der Waals surface area contributed by atoms with E-state index in [9.17, 15) is 4.79 Å². The number of ether oxygens (including phenoxy) is 1. The van der Waals surface area contributed by atoms with E-state index in [0.29, 0.717) is 6.42 Å². The summed E-state index contributed by atoms with van der Waals surface area (Å²) in [7, 11) is 0. The van der Waals surface area contributed by atoms with Crippen molar-refractivity contribution in [2.24, 2.45) is 22.1 Å². The molecule has 0 bridgehead atoms. The van der Waals surface area contributed by atoms with Gasteiger partial charge < -0.3 is 14.4 Å². The molecule has 6 nitrogen and oxygen atoms in total. The summed E-state index contributed by atoms with van der Waals surface area (Å²) in [5, 5.41) is 7.84. The van der Waals surface area contributed by atoms with Crippen molar-refractivity contribution in [2.45, 2.75) is 52.6 Å². The molecule has 0 saturated heterocycles. The van der Waals surface area contributed by atoms with Crippen molar-refractivity contribution >= 4 is 17.4 Å². The molecule has 112 valence electrons. The summed E-state index contributed by atoms with van der Waals surface area (Å²) in [6.45, 7) is 7.53. The molecule has 2 aliphatic rings. The predicted octanol–water partition coefficient (Wildman–Crippen LogP) is 2.48. The summed E-state index contributed by atoms with van der Waals surface area (Å²) in [5.41, 5.74) is 0.789. The van der Waals surface area contributed by atoms with Crippen LogP contribution < -0.4 is 0 Å². The maximum atomic E-state index is 12.3. The molecule has 1 aliphatic heterocycles. The average Bonchev–Trinajstić information content (AvgIpc) is 2.92. The number of rotatable bonds is 5. The number of esters is 1. The largest absolute Gasteiger partial charge is 0.423 e. The first-order chi connectivity index (χ1) is 9.47. The van der Waals surface area contributed by atoms with Crippen molar-refractivity contribution in [3.05, 3.63) is 0 Å². The molecule has 0 aromatic rings. The number of hydrogen-bond acceptors (Lipinski definition) is 6. The maximum Gasteiger partial charge on any atom is 0.357 e. The molecule has 6 heteroatoms. The molecule has 2 atom stereocenters. The van der Waals surface area contributed by atoms with Gasteiger partial charge in [-0.1, -0.05) is 24.2 Å². The molecular weight excluding hydrogens is 260 g/mol. The van der Waals surface area contributed by atoms with Crippen molar-refractivity contribution in [2.75, 3.05) is 6.79 Å². The highest BCUT2D eigenvalue weighted by atomic mass is 16.8. The molecule has 0 amide bonds. The Hall–Kier alpha value is -1.59. The first-order valence-electron chi connectivity index (χ1n) is 7.03. The second kappa shape index (κ2) is 5.81. The van der Waals surface area contributed by atoms with Gasteiger partial charge in [0.05, 0.1) is 17.3 Å². The van der Waals surface area contributed by atoms with Crippen LogP contribution in [0.4, 0.5) is 0 Å². The minimum absolute atomic E-state index is 0.0337. The van der Waals surface area contributed by atoms with Crippen LogP contribution in [0.15, 0.2) is 10.3 Å². The Morgan fingerprint density at radius 1 is 1.55 bits per heavy atom. The van der Waals surface area contributed by atoms with Crippen molar-refractivity contribution in [3.63, 3.8) is 0 Å². The zero-order valence-corrected chi connectivity index (χ0v) is 12.5. The SMILES string of the molecule is CC(C)=NOCOC(=O)C12CCCC1C(C(C)C)=NO2. The van der Waals surface area contributed by atoms with E-state index in [4.69, 9.17) is 14.4 Å². The maximum absolute atomic E-state index is 12.3. The lowest BCUT2D eigenvalue weighted by molar-refractivity contribution is -0.183. The molecule has 0 radical (unpaired) electrons. The summed E-state index contributed by atoms with van der Waals surface area (Å²) in [6, 6.07) is 0. The van der Waals surface area contributed by atoms with E-state index >= 15 is 0 Å². The van der Waals surface area contributed by atoms with Gasteiger partial charge in [0.2, 0.25) is 5.60 Å². The molecule has 2 unspecified atom stereocenters. The Morgan fingerprint density at radius 3 is 2.95 bits per heavy atom. The third-order valence-corrected chi connectivity index (χ3v) is 3.70. The van der Waals surface area contributed by atoms with E-state index in [1.54, 1.807) is 13.8 Å². The van der Waals surface area contributed by atoms with Crippen LogP contribution in [0.25, 0.3) is 0 Å². The zero-order valence-electron chi connectivity index (χ0n) is 12.5. The van der Waals surface area contributed by atoms with E-state index in [-0.39, 0.29) is 18.6 Å². The molecule has 1 saturated carbocycles. The molecule has 0 N–H and O–H groups in total. The highest BCUT2D eigenvalue weighted by Crippen LogP contribution is 2.46. The predicted molar refractivity (Wildman–Crippen MR) is 74.3 cm³/mol. The van der Waals surface area contributed by atoms with E-state index in [0.717, 1.165) is 24.3 Å². The fourth-order valence-electron chi connectivity index (χ4n) is 2.82. The number of carbonyl (C=O) groups excluding carboxylic acids is 1. The van der Waals surface area contributed by atoms with Crippen molar-refractivity contribution in [1.29, 1.82) is 0 Å². The molecule has 1 heterocycles. The lowest BCUT2D eigenvalue weighted by Crippen LogP contribution is -2.45. The van der Waals surface area contributed by atoms with Crippen molar-refractivity contribution in [1.82, 2.24) is 0 Å². The molecule has 0 spiro atoms. The third kappa shape index (κ3) is 2.64. The van der Waals surface area contributed by atoms with Gasteiger partial charge >= 0.3 is 5.97 Å². The van der Waals surface area contributed by atoms with Crippen LogP contribution in [0.3, 0.4) is 0 Å². The van der Waals surface area contributed by atoms with Gasteiger partial charge in [0, 0.05) is 6.42 Å². The van der Waals surface area contributed by atoms with Crippen LogP contribution in [0.1, 0.15) is 47.0 Å². The summed E-state index contributed by atoms with van der Waals surface area (Å²) in [6.07, 6.45) is 2.50. The summed E-state index contributed by atoms with van der Waals surface area (Å²) >= 11 is 0. The van der Waals surface area contributed by atoms with E-state index in [1.807, 2.05) is 0 Å². The fraction of sp³-hybridized carbons (Fsp3) is 0.786. The topological polar surface area (TPSA) is 69.5 Å². The quantitative estimate of drug-likeness (QED) is 0.255. The van der Waals surface area contributed by atoms with Gasteiger partial charge in [-0.15, -0.1) is 0 Å². The second-order valence-electron chi connectivity index (χ2n) is 5.81. The fourth-order valence-corrected chi connectivity index (χ4v) is 2.82. The number of fused-ring (bicyclic) bond motifs is 1. The van der Waals surface area contributed by atoms with Gasteiger partial charge in [0.15, 0.2) is 0 Å². The molecule has 1 fully saturated rings. The van der Waals surface area contributed by atoms with Crippen LogP contribution >= 0.6 is 0 Å². The van der Waals surface area contributed by atoms with Crippen LogP contribution in [0.5, 0.6) is 0 Å². The summed E-state index contributed by atoms with van der Waals surface area (Å²) < 4.78 is 5.14. The van der Waals surface area contributed by atoms with E-state index < -0.39 is 11.6 Å². The third-order valence-electron chi connectivity index (χ3n) is 3.70. The molecule has 0 aromatic carbocycles. The van der Waals surface area contributed by atoms with Gasteiger partial charge in [0.1, 0.15) is 0 Å². The van der Waals surface area contributed by atoms with Gasteiger partial charge in [-0.2, -0.15) is 0 Å². The standard InChI is InChI=1S/C14H22N2O4/c1-9(2)12-11-6-5-7-14(11,20-16-12)13(17)18-8-19-15-10(3)4/h9,11H,5-8H2,1-4H3. The highest BCUT2D eigenvalue weighted by Gasteiger charge is 2.59. The number of oxime groups is 2. The Balaban J connectivity index is 1.97. The first-order valence-corrected chi connectivity index (χ1v) is 7.03. The van der Waals surface area contributed by atoms with Gasteiger partial charge in [-0.05, 0) is 32.6 Å². The van der Waals surface area contributed by atoms with Gasteiger partial charge in [0.25, 0.3) is 6.79 Å². The van der Waals surface area contributed by atoms with E-state index in [1.165, 1.54) is 0 Å². The summed E-state index contributed by atoms with van der Waals surface area (Å²) in [5.74, 6) is -0.0915. The molecule has 0 aromatic heterocycles. The monoisotopic (exact) mass is 282 g/mol. The Labute approximate surface area is 119 Å². The Bertz CT molecular complexity index is 440. The molecule has 2 rings (SSSR count). The zero-order chi connectivity index (χ0) is 14.8. The normalized spacial score (nSPS) is 27.6. The Morgan fingerprint density at radius 2 is 2.30 bits per heavy atom. The number of nitrogens with zero attached hydrogens (tertiary/aromatic N) is 2. The molecular formula is C14H22N2O4. The number of hydrogen-bond donors (Lipinski definition) is 0.